The summed E-state index contributed by atoms with van der Waals surface area (Å²) in [5.41, 5.74) is 6.17. The van der Waals surface area contributed by atoms with Gasteiger partial charge in [-0.2, -0.15) is 0 Å². The van der Waals surface area contributed by atoms with Crippen molar-refractivity contribution in [2.75, 3.05) is 11.9 Å². The molecule has 4 nitrogen and oxygen atoms in total. The minimum Gasteiger partial charge on any atom is -0.463 e. The first-order valence-corrected chi connectivity index (χ1v) is 8.37. The lowest BCUT2D eigenvalue weighted by Crippen LogP contribution is -2.04. The first-order valence-electron chi connectivity index (χ1n) is 8.37. The number of hydrogen-bond donors (Lipinski definition) is 2. The molecule has 0 amide bonds. The number of aromatic nitrogens is 1. The lowest BCUT2D eigenvalue weighted by atomic mass is 10.1. The Balaban J connectivity index is 1.90. The number of allylic oxidation sites excluding steroid dienone is 1. The Hall–Kier alpha value is -3.01. The van der Waals surface area contributed by atoms with E-state index in [1.54, 1.807) is 6.92 Å². The number of aromatic amines is 1. The molecule has 0 radical (unpaired) electrons. The van der Waals surface area contributed by atoms with E-state index in [0.29, 0.717) is 6.61 Å². The van der Waals surface area contributed by atoms with Gasteiger partial charge >= 0.3 is 5.97 Å². The molecular weight excluding hydrogens is 312 g/mol. The fourth-order valence-electron chi connectivity index (χ4n) is 2.81. The predicted octanol–water partition coefficient (Wildman–Crippen LogP) is 5.02. The summed E-state index contributed by atoms with van der Waals surface area (Å²) in [7, 11) is 0. The molecule has 1 aromatic heterocycles. The van der Waals surface area contributed by atoms with Gasteiger partial charge in [0.2, 0.25) is 0 Å². The van der Waals surface area contributed by atoms with Gasteiger partial charge in [-0.1, -0.05) is 30.3 Å². The molecule has 0 saturated heterocycles. The number of nitrogens with one attached hydrogen (secondary N) is 2. The number of fused-ring (bicyclic) bond motifs is 1. The van der Waals surface area contributed by atoms with Crippen LogP contribution in [-0.2, 0) is 9.53 Å². The van der Waals surface area contributed by atoms with Crippen LogP contribution in [0.1, 0.15) is 19.4 Å². The van der Waals surface area contributed by atoms with E-state index in [1.807, 2.05) is 32.0 Å². The summed E-state index contributed by atoms with van der Waals surface area (Å²) in [5, 5.41) is 4.41. The number of esters is 1. The minimum absolute atomic E-state index is 0.334. The standard InChI is InChI=1S/C21H22N2O2/c1-4-25-21(24)11-15(3)22-18-12-17-13-20(16-8-6-5-7-9-16)23-19(17)10-14(18)2/h5-13,22-23H,4H2,1-3H3/b15-11+. The second-order valence-electron chi connectivity index (χ2n) is 6.01. The van der Waals surface area contributed by atoms with E-state index in [0.717, 1.165) is 39.1 Å². The van der Waals surface area contributed by atoms with Gasteiger partial charge < -0.3 is 15.0 Å². The SMILES string of the molecule is CCOC(=O)/C=C(\C)Nc1cc2cc(-c3ccccc3)[nH]c2cc1C. The molecule has 0 unspecified atom stereocenters. The molecule has 0 spiro atoms. The van der Waals surface area contributed by atoms with E-state index in [-0.39, 0.29) is 5.97 Å². The fraction of sp³-hybridized carbons (Fsp3) is 0.190. The number of aryl methyl sites for hydroxylation is 1. The summed E-state index contributed by atoms with van der Waals surface area (Å²) in [5.74, 6) is -0.334. The third-order valence-electron chi connectivity index (χ3n) is 4.00. The van der Waals surface area contributed by atoms with Gasteiger partial charge in [-0.3, -0.25) is 0 Å². The van der Waals surface area contributed by atoms with Gasteiger partial charge in [0, 0.05) is 34.1 Å². The molecule has 3 aromatic rings. The number of hydrogen-bond acceptors (Lipinski definition) is 3. The first-order chi connectivity index (χ1) is 12.1. The molecule has 25 heavy (non-hydrogen) atoms. The van der Waals surface area contributed by atoms with Crippen LogP contribution >= 0.6 is 0 Å². The highest BCUT2D eigenvalue weighted by Crippen LogP contribution is 2.29. The Morgan fingerprint density at radius 1 is 1.20 bits per heavy atom. The van der Waals surface area contributed by atoms with Crippen LogP contribution in [0.2, 0.25) is 0 Å². The highest BCUT2D eigenvalue weighted by molar-refractivity contribution is 5.90. The minimum atomic E-state index is -0.334. The van der Waals surface area contributed by atoms with Crippen molar-refractivity contribution in [3.8, 4) is 11.3 Å². The highest BCUT2D eigenvalue weighted by atomic mass is 16.5. The van der Waals surface area contributed by atoms with E-state index >= 15 is 0 Å². The number of benzene rings is 2. The van der Waals surface area contributed by atoms with Gasteiger partial charge in [0.05, 0.1) is 6.61 Å². The molecule has 128 valence electrons. The molecule has 0 aliphatic rings. The van der Waals surface area contributed by atoms with Crippen LogP contribution in [0.3, 0.4) is 0 Å². The van der Waals surface area contributed by atoms with Gasteiger partial charge in [0.25, 0.3) is 0 Å². The molecule has 4 heteroatoms. The van der Waals surface area contributed by atoms with Crippen molar-refractivity contribution in [1.82, 2.24) is 4.98 Å². The van der Waals surface area contributed by atoms with Gasteiger partial charge in [0.1, 0.15) is 0 Å². The quantitative estimate of drug-likeness (QED) is 0.509. The molecule has 0 saturated carbocycles. The molecule has 0 aliphatic heterocycles. The van der Waals surface area contributed by atoms with Crippen LogP contribution < -0.4 is 5.32 Å². The topological polar surface area (TPSA) is 54.1 Å². The maximum Gasteiger partial charge on any atom is 0.332 e. The Morgan fingerprint density at radius 3 is 2.68 bits per heavy atom. The molecular formula is C21H22N2O2. The molecule has 2 aromatic carbocycles. The van der Waals surface area contributed by atoms with Crippen molar-refractivity contribution >= 4 is 22.6 Å². The summed E-state index contributed by atoms with van der Waals surface area (Å²) in [4.78, 5) is 15.0. The Bertz CT molecular complexity index is 924. The zero-order valence-corrected chi connectivity index (χ0v) is 14.7. The number of ether oxygens (including phenoxy) is 1. The molecule has 0 bridgehead atoms. The number of carbonyl (C=O) groups excluding carboxylic acids is 1. The van der Waals surface area contributed by atoms with E-state index in [1.165, 1.54) is 6.08 Å². The first kappa shape index (κ1) is 16.8. The molecule has 2 N–H and O–H groups in total. The molecule has 1 heterocycles. The van der Waals surface area contributed by atoms with Crippen LogP contribution in [0.25, 0.3) is 22.2 Å². The summed E-state index contributed by atoms with van der Waals surface area (Å²) >= 11 is 0. The summed E-state index contributed by atoms with van der Waals surface area (Å²) < 4.78 is 4.94. The van der Waals surface area contributed by atoms with Crippen molar-refractivity contribution < 1.29 is 9.53 Å². The predicted molar refractivity (Wildman–Crippen MR) is 102 cm³/mol. The zero-order chi connectivity index (χ0) is 17.8. The van der Waals surface area contributed by atoms with Crippen molar-refractivity contribution in [2.24, 2.45) is 0 Å². The number of anilines is 1. The molecule has 3 rings (SSSR count). The number of carbonyl (C=O) groups is 1. The number of H-pyrrole nitrogens is 1. The Labute approximate surface area is 147 Å². The second kappa shape index (κ2) is 7.26. The summed E-state index contributed by atoms with van der Waals surface area (Å²) in [6.07, 6.45) is 1.47. The van der Waals surface area contributed by atoms with Crippen molar-refractivity contribution in [3.63, 3.8) is 0 Å². The maximum atomic E-state index is 11.6. The third kappa shape index (κ3) is 3.91. The third-order valence-corrected chi connectivity index (χ3v) is 4.00. The van der Waals surface area contributed by atoms with Crippen LogP contribution in [-0.4, -0.2) is 17.6 Å². The average Bonchev–Trinajstić information content (AvgIpc) is 2.99. The molecule has 0 atom stereocenters. The van der Waals surface area contributed by atoms with Gasteiger partial charge in [-0.15, -0.1) is 0 Å². The van der Waals surface area contributed by atoms with E-state index in [4.69, 9.17) is 4.74 Å². The highest BCUT2D eigenvalue weighted by Gasteiger charge is 2.07. The number of rotatable bonds is 5. The average molecular weight is 334 g/mol. The maximum absolute atomic E-state index is 11.6. The van der Waals surface area contributed by atoms with Crippen molar-refractivity contribution in [3.05, 3.63) is 65.9 Å². The monoisotopic (exact) mass is 334 g/mol. The zero-order valence-electron chi connectivity index (χ0n) is 14.7. The lowest BCUT2D eigenvalue weighted by molar-refractivity contribution is -0.137. The van der Waals surface area contributed by atoms with Gasteiger partial charge in [0.15, 0.2) is 0 Å². The van der Waals surface area contributed by atoms with E-state index in [2.05, 4.69) is 40.6 Å². The van der Waals surface area contributed by atoms with Crippen LogP contribution in [0.4, 0.5) is 5.69 Å². The van der Waals surface area contributed by atoms with E-state index in [9.17, 15) is 4.79 Å². The van der Waals surface area contributed by atoms with Gasteiger partial charge in [-0.25, -0.2) is 4.79 Å². The van der Waals surface area contributed by atoms with Crippen LogP contribution in [0.15, 0.2) is 60.3 Å². The van der Waals surface area contributed by atoms with Crippen LogP contribution in [0, 0.1) is 6.92 Å². The summed E-state index contributed by atoms with van der Waals surface area (Å²) in [6.45, 7) is 6.07. The molecule has 0 aliphatic carbocycles. The second-order valence-corrected chi connectivity index (χ2v) is 6.01. The molecule has 0 fully saturated rings. The van der Waals surface area contributed by atoms with E-state index < -0.39 is 0 Å². The van der Waals surface area contributed by atoms with Crippen molar-refractivity contribution in [1.29, 1.82) is 0 Å². The Kier molecular flexibility index (Phi) is 4.89. The van der Waals surface area contributed by atoms with Crippen molar-refractivity contribution in [2.45, 2.75) is 20.8 Å². The fourth-order valence-corrected chi connectivity index (χ4v) is 2.81. The Morgan fingerprint density at radius 2 is 1.96 bits per heavy atom. The lowest BCUT2D eigenvalue weighted by Gasteiger charge is -2.10. The summed E-state index contributed by atoms with van der Waals surface area (Å²) in [6, 6.07) is 16.6. The smallest absolute Gasteiger partial charge is 0.332 e. The largest absolute Gasteiger partial charge is 0.463 e. The normalized spacial score (nSPS) is 11.6. The van der Waals surface area contributed by atoms with Gasteiger partial charge in [-0.05, 0) is 50.1 Å². The van der Waals surface area contributed by atoms with Crippen LogP contribution in [0.5, 0.6) is 0 Å².